The van der Waals surface area contributed by atoms with E-state index in [0.29, 0.717) is 29.9 Å². The molecule has 136 valence electrons. The summed E-state index contributed by atoms with van der Waals surface area (Å²) in [5, 5.41) is 3.08. The molecule has 1 unspecified atom stereocenters. The number of halogens is 1. The van der Waals surface area contributed by atoms with E-state index in [1.807, 2.05) is 18.2 Å². The average Bonchev–Trinajstić information content (AvgIpc) is 2.59. The van der Waals surface area contributed by atoms with E-state index < -0.39 is 0 Å². The number of aryl methyl sites for hydroxylation is 1. The van der Waals surface area contributed by atoms with Gasteiger partial charge >= 0.3 is 0 Å². The van der Waals surface area contributed by atoms with Crippen LogP contribution in [0.4, 0.5) is 5.69 Å². The van der Waals surface area contributed by atoms with Crippen LogP contribution in [0.1, 0.15) is 24.0 Å². The summed E-state index contributed by atoms with van der Waals surface area (Å²) in [6.07, 6.45) is 0. The number of hydrogen-bond acceptors (Lipinski definition) is 3. The van der Waals surface area contributed by atoms with Gasteiger partial charge in [0.25, 0.3) is 0 Å². The van der Waals surface area contributed by atoms with Gasteiger partial charge in [-0.25, -0.2) is 0 Å². The summed E-state index contributed by atoms with van der Waals surface area (Å²) < 4.78 is 10.5. The number of nitrogens with one attached hydrogen (secondary N) is 1. The first-order chi connectivity index (χ1) is 11.5. The highest BCUT2D eigenvalue weighted by molar-refractivity contribution is 14.0. The molecule has 5 nitrogen and oxygen atoms in total. The summed E-state index contributed by atoms with van der Waals surface area (Å²) >= 11 is 0. The van der Waals surface area contributed by atoms with Crippen LogP contribution in [0.5, 0.6) is 11.5 Å². The summed E-state index contributed by atoms with van der Waals surface area (Å²) in [7, 11) is 3.20. The predicted molar refractivity (Wildman–Crippen MR) is 115 cm³/mol. The van der Waals surface area contributed by atoms with E-state index in [9.17, 15) is 0 Å². The minimum absolute atomic E-state index is 0. The molecule has 0 aliphatic carbocycles. The third-order valence-electron chi connectivity index (χ3n) is 3.80. The molecule has 0 spiro atoms. The third-order valence-corrected chi connectivity index (χ3v) is 3.80. The SMILES string of the molecule is COc1ccc(NC(N)=NCC(C)c2cccc(C)c2)cc1OC.I. The third kappa shape index (κ3) is 6.12. The first kappa shape index (κ1) is 21.1. The molecule has 2 aromatic rings. The molecule has 0 saturated carbocycles. The molecule has 2 aromatic carbocycles. The van der Waals surface area contributed by atoms with Crippen molar-refractivity contribution in [2.75, 3.05) is 26.1 Å². The number of benzene rings is 2. The Bertz CT molecular complexity index is 720. The Hall–Kier alpha value is -1.96. The topological polar surface area (TPSA) is 68.9 Å². The first-order valence-electron chi connectivity index (χ1n) is 7.89. The molecule has 0 radical (unpaired) electrons. The van der Waals surface area contributed by atoms with Crippen LogP contribution < -0.4 is 20.5 Å². The Balaban J connectivity index is 0.00000312. The Morgan fingerprint density at radius 3 is 2.48 bits per heavy atom. The van der Waals surface area contributed by atoms with Gasteiger partial charge in [0, 0.05) is 24.2 Å². The molecular formula is C19H26IN3O2. The minimum Gasteiger partial charge on any atom is -0.493 e. The van der Waals surface area contributed by atoms with Gasteiger partial charge in [-0.05, 0) is 24.6 Å². The molecule has 0 aliphatic rings. The van der Waals surface area contributed by atoms with Crippen LogP contribution in [0.25, 0.3) is 0 Å². The Morgan fingerprint density at radius 1 is 1.12 bits per heavy atom. The number of rotatable bonds is 6. The highest BCUT2D eigenvalue weighted by atomic mass is 127. The molecule has 0 aliphatic heterocycles. The summed E-state index contributed by atoms with van der Waals surface area (Å²) in [6.45, 7) is 4.85. The van der Waals surface area contributed by atoms with Crippen LogP contribution in [-0.2, 0) is 0 Å². The van der Waals surface area contributed by atoms with E-state index in [0.717, 1.165) is 5.69 Å². The van der Waals surface area contributed by atoms with Crippen molar-refractivity contribution in [3.05, 3.63) is 53.6 Å². The van der Waals surface area contributed by atoms with Crippen molar-refractivity contribution >= 4 is 35.6 Å². The predicted octanol–water partition coefficient (Wildman–Crippen LogP) is 4.16. The fourth-order valence-electron chi connectivity index (χ4n) is 2.42. The maximum Gasteiger partial charge on any atom is 0.193 e. The van der Waals surface area contributed by atoms with Gasteiger partial charge in [-0.1, -0.05) is 36.8 Å². The minimum atomic E-state index is 0. The maximum atomic E-state index is 5.99. The van der Waals surface area contributed by atoms with E-state index in [1.54, 1.807) is 14.2 Å². The smallest absolute Gasteiger partial charge is 0.193 e. The maximum absolute atomic E-state index is 5.99. The molecule has 0 aromatic heterocycles. The van der Waals surface area contributed by atoms with Crippen LogP contribution >= 0.6 is 24.0 Å². The van der Waals surface area contributed by atoms with Gasteiger partial charge in [-0.2, -0.15) is 0 Å². The molecule has 2 rings (SSSR count). The molecule has 0 heterocycles. The summed E-state index contributed by atoms with van der Waals surface area (Å²) in [6, 6.07) is 14.0. The summed E-state index contributed by atoms with van der Waals surface area (Å²) in [5.41, 5.74) is 9.31. The highest BCUT2D eigenvalue weighted by Gasteiger charge is 2.07. The molecule has 6 heteroatoms. The Kier molecular flexibility index (Phi) is 8.54. The molecule has 0 amide bonds. The number of ether oxygens (including phenoxy) is 2. The Labute approximate surface area is 166 Å². The van der Waals surface area contributed by atoms with Crippen molar-refractivity contribution in [2.45, 2.75) is 19.8 Å². The zero-order valence-corrected chi connectivity index (χ0v) is 17.4. The molecule has 0 bridgehead atoms. The second-order valence-corrected chi connectivity index (χ2v) is 5.74. The summed E-state index contributed by atoms with van der Waals surface area (Å²) in [5.74, 6) is 1.99. The molecule has 25 heavy (non-hydrogen) atoms. The zero-order chi connectivity index (χ0) is 17.5. The van der Waals surface area contributed by atoms with Crippen LogP contribution in [0.3, 0.4) is 0 Å². The lowest BCUT2D eigenvalue weighted by molar-refractivity contribution is 0.355. The second-order valence-electron chi connectivity index (χ2n) is 5.74. The van der Waals surface area contributed by atoms with Crippen LogP contribution in [0.2, 0.25) is 0 Å². The molecule has 0 fully saturated rings. The van der Waals surface area contributed by atoms with Gasteiger partial charge in [0.1, 0.15) is 0 Å². The Morgan fingerprint density at radius 2 is 1.84 bits per heavy atom. The fourth-order valence-corrected chi connectivity index (χ4v) is 2.42. The average molecular weight is 455 g/mol. The number of anilines is 1. The van der Waals surface area contributed by atoms with Crippen molar-refractivity contribution in [3.8, 4) is 11.5 Å². The lowest BCUT2D eigenvalue weighted by Gasteiger charge is -2.12. The highest BCUT2D eigenvalue weighted by Crippen LogP contribution is 2.29. The first-order valence-corrected chi connectivity index (χ1v) is 7.89. The number of guanidine groups is 1. The molecule has 1 atom stereocenters. The number of aliphatic imine (C=N–C) groups is 1. The van der Waals surface area contributed by atoms with Gasteiger partial charge in [-0.15, -0.1) is 24.0 Å². The van der Waals surface area contributed by atoms with Crippen LogP contribution in [0.15, 0.2) is 47.5 Å². The summed E-state index contributed by atoms with van der Waals surface area (Å²) in [4.78, 5) is 4.43. The van der Waals surface area contributed by atoms with Gasteiger partial charge in [0.15, 0.2) is 17.5 Å². The quantitative estimate of drug-likeness (QED) is 0.390. The standard InChI is InChI=1S/C19H25N3O2.HI/c1-13-6-5-7-15(10-13)14(2)12-21-19(20)22-16-8-9-17(23-3)18(11-16)24-4;/h5-11,14H,12H2,1-4H3,(H3,20,21,22);1H. The van der Waals surface area contributed by atoms with E-state index in [4.69, 9.17) is 15.2 Å². The number of nitrogens with zero attached hydrogens (tertiary/aromatic N) is 1. The molecular weight excluding hydrogens is 429 g/mol. The zero-order valence-electron chi connectivity index (χ0n) is 15.1. The van der Waals surface area contributed by atoms with Gasteiger partial charge in [0.2, 0.25) is 0 Å². The number of nitrogens with two attached hydrogens (primary N) is 1. The van der Waals surface area contributed by atoms with Crippen molar-refractivity contribution in [1.29, 1.82) is 0 Å². The van der Waals surface area contributed by atoms with E-state index in [-0.39, 0.29) is 24.0 Å². The van der Waals surface area contributed by atoms with Gasteiger partial charge in [-0.3, -0.25) is 4.99 Å². The monoisotopic (exact) mass is 455 g/mol. The van der Waals surface area contributed by atoms with Gasteiger partial charge in [0.05, 0.1) is 14.2 Å². The van der Waals surface area contributed by atoms with Crippen LogP contribution in [-0.4, -0.2) is 26.7 Å². The van der Waals surface area contributed by atoms with Gasteiger partial charge < -0.3 is 20.5 Å². The molecule has 0 saturated heterocycles. The lowest BCUT2D eigenvalue weighted by Crippen LogP contribution is -2.23. The normalized spacial score (nSPS) is 12.1. The van der Waals surface area contributed by atoms with Crippen molar-refractivity contribution in [2.24, 2.45) is 10.7 Å². The number of methoxy groups -OCH3 is 2. The van der Waals surface area contributed by atoms with Crippen molar-refractivity contribution < 1.29 is 9.47 Å². The van der Waals surface area contributed by atoms with Crippen molar-refractivity contribution in [1.82, 2.24) is 0 Å². The lowest BCUT2D eigenvalue weighted by atomic mass is 10.00. The largest absolute Gasteiger partial charge is 0.493 e. The van der Waals surface area contributed by atoms with E-state index >= 15 is 0 Å². The second kappa shape index (κ2) is 10.1. The molecule has 3 N–H and O–H groups in total. The number of hydrogen-bond donors (Lipinski definition) is 2. The fraction of sp³-hybridized carbons (Fsp3) is 0.316. The van der Waals surface area contributed by atoms with E-state index in [1.165, 1.54) is 11.1 Å². The van der Waals surface area contributed by atoms with Crippen molar-refractivity contribution in [3.63, 3.8) is 0 Å². The van der Waals surface area contributed by atoms with E-state index in [2.05, 4.69) is 48.4 Å². The van der Waals surface area contributed by atoms with Crippen LogP contribution in [0, 0.1) is 6.92 Å².